The zero-order valence-electron chi connectivity index (χ0n) is 78.2. The highest BCUT2D eigenvalue weighted by Crippen LogP contribution is 2.49. The Morgan fingerprint density at radius 1 is 0.159 bits per heavy atom. The van der Waals surface area contributed by atoms with Crippen LogP contribution < -0.4 is 0 Å². The van der Waals surface area contributed by atoms with Gasteiger partial charge >= 0.3 is 0 Å². The molecule has 0 amide bonds. The first kappa shape index (κ1) is 80.8. The molecule has 0 spiro atoms. The van der Waals surface area contributed by atoms with E-state index in [4.69, 9.17) is 15.0 Å². The first-order valence-corrected chi connectivity index (χ1v) is 50.4. The highest BCUT2D eigenvalue weighted by atomic mass is 32.1. The monoisotopic (exact) mass is 1860 g/mol. The van der Waals surface area contributed by atoms with Crippen LogP contribution in [0.4, 0.5) is 0 Å². The molecular formula is C135H81N9S. The molecule has 0 fully saturated rings. The molecule has 0 N–H and O–H groups in total. The SMILES string of the molecule is c1cc(-c2ccc3c4cc5ccccc5cc4c4nc5ccccc5n4c3c2)cc(-c2cccc3c2sc2ccccc23)c1.c1ccc(-n2c3ccccc3c3cc(-c4ccc(-c5ccc6c7cc8ccccc8cc7c7nc8ccccc8n7c6c5)cc4)ccc32)cc1.c1ccc(-n2c3ccccc3c3ccc4c5ccccc5n(-c5ccc6c7cc8ccccc8cc7c7nc8ccccc8n7c6c5)c4c32)cc1. The molecule has 0 aliphatic rings. The Balaban J connectivity index is 0.0000000993. The molecule has 33 rings (SSSR count). The van der Waals surface area contributed by atoms with E-state index in [0.29, 0.717) is 0 Å². The molecule has 23 aromatic carbocycles. The highest BCUT2D eigenvalue weighted by molar-refractivity contribution is 7.26. The van der Waals surface area contributed by atoms with Crippen molar-refractivity contribution in [1.82, 2.24) is 41.9 Å². The van der Waals surface area contributed by atoms with Crippen LogP contribution in [0, 0.1) is 0 Å². The van der Waals surface area contributed by atoms with E-state index in [-0.39, 0.29) is 0 Å². The lowest BCUT2D eigenvalue weighted by Crippen LogP contribution is -2.00. The van der Waals surface area contributed by atoms with Gasteiger partial charge in [-0.3, -0.25) is 13.2 Å². The smallest absolute Gasteiger partial charge is 0.146 e. The summed E-state index contributed by atoms with van der Waals surface area (Å²) >= 11 is 1.88. The van der Waals surface area contributed by atoms with E-state index >= 15 is 0 Å². The summed E-state index contributed by atoms with van der Waals surface area (Å²) in [6.07, 6.45) is 0. The molecule has 0 bridgehead atoms. The van der Waals surface area contributed by atoms with Gasteiger partial charge in [0.1, 0.15) is 16.9 Å². The Hall–Kier alpha value is -19.1. The maximum absolute atomic E-state index is 5.26. The molecule has 9 nitrogen and oxygen atoms in total. The fraction of sp³-hybridized carbons (Fsp3) is 0. The van der Waals surface area contributed by atoms with Crippen LogP contribution in [0.1, 0.15) is 0 Å². The molecule has 10 aromatic heterocycles. The van der Waals surface area contributed by atoms with Crippen molar-refractivity contribution in [2.24, 2.45) is 0 Å². The van der Waals surface area contributed by atoms with Gasteiger partial charge in [-0.1, -0.05) is 328 Å². The van der Waals surface area contributed by atoms with E-state index in [1.54, 1.807) is 0 Å². The summed E-state index contributed by atoms with van der Waals surface area (Å²) in [6, 6.07) is 179. The van der Waals surface area contributed by atoms with Gasteiger partial charge in [0.05, 0.1) is 82.8 Å². The predicted octanol–water partition coefficient (Wildman–Crippen LogP) is 36.2. The van der Waals surface area contributed by atoms with Crippen molar-refractivity contribution in [1.29, 1.82) is 0 Å². The van der Waals surface area contributed by atoms with Crippen LogP contribution in [-0.2, 0) is 0 Å². The van der Waals surface area contributed by atoms with Crippen molar-refractivity contribution in [3.8, 4) is 61.6 Å². The number of imidazole rings is 3. The average Bonchev–Trinajstić information content (AvgIpc) is 1.57. The van der Waals surface area contributed by atoms with Crippen molar-refractivity contribution in [3.63, 3.8) is 0 Å². The molecule has 10 heteroatoms. The summed E-state index contributed by atoms with van der Waals surface area (Å²) in [5, 5.41) is 28.4. The van der Waals surface area contributed by atoms with Crippen molar-refractivity contribution >= 4 is 244 Å². The van der Waals surface area contributed by atoms with E-state index in [1.807, 2.05) is 11.3 Å². The molecule has 0 unspecified atom stereocenters. The van der Waals surface area contributed by atoms with Crippen LogP contribution in [0.15, 0.2) is 491 Å². The van der Waals surface area contributed by atoms with E-state index in [2.05, 4.69) is 518 Å². The van der Waals surface area contributed by atoms with E-state index in [9.17, 15) is 0 Å². The zero-order chi connectivity index (χ0) is 94.7. The Morgan fingerprint density at radius 3 is 0.979 bits per heavy atom. The molecular weight excluding hydrogens is 1780 g/mol. The fourth-order valence-electron chi connectivity index (χ4n) is 23.9. The predicted molar refractivity (Wildman–Crippen MR) is 613 cm³/mol. The second kappa shape index (κ2) is 31.7. The van der Waals surface area contributed by atoms with Crippen molar-refractivity contribution in [3.05, 3.63) is 491 Å². The number of benzene rings is 23. The van der Waals surface area contributed by atoms with Gasteiger partial charge in [0.2, 0.25) is 0 Å². The third-order valence-corrected chi connectivity index (χ3v) is 31.7. The number of fused-ring (bicyclic) bond motifs is 40. The van der Waals surface area contributed by atoms with Crippen LogP contribution in [0.5, 0.6) is 0 Å². The summed E-state index contributed by atoms with van der Waals surface area (Å²) in [4.78, 5) is 15.6. The summed E-state index contributed by atoms with van der Waals surface area (Å²) < 4.78 is 17.0. The van der Waals surface area contributed by atoms with Crippen LogP contribution in [0.25, 0.3) is 295 Å². The van der Waals surface area contributed by atoms with Gasteiger partial charge in [0, 0.05) is 102 Å². The first-order chi connectivity index (χ1) is 71.9. The minimum atomic E-state index is 0.982. The summed E-state index contributed by atoms with van der Waals surface area (Å²) in [7, 11) is 0. The van der Waals surface area contributed by atoms with Crippen LogP contribution in [0.2, 0.25) is 0 Å². The Bertz CT molecular complexity index is 11300. The minimum Gasteiger partial charge on any atom is -0.309 e. The molecule has 0 saturated carbocycles. The topological polar surface area (TPSA) is 66.7 Å². The third kappa shape index (κ3) is 12.4. The molecule has 0 saturated heterocycles. The zero-order valence-corrected chi connectivity index (χ0v) is 79.0. The van der Waals surface area contributed by atoms with Gasteiger partial charge in [-0.2, -0.15) is 0 Å². The Morgan fingerprint density at radius 2 is 0.483 bits per heavy atom. The Kier molecular flexibility index (Phi) is 17.7. The maximum atomic E-state index is 5.26. The summed E-state index contributed by atoms with van der Waals surface area (Å²) in [5.41, 5.74) is 33.2. The van der Waals surface area contributed by atoms with Crippen molar-refractivity contribution in [2.45, 2.75) is 0 Å². The van der Waals surface area contributed by atoms with E-state index in [1.165, 1.54) is 222 Å². The molecule has 0 aliphatic heterocycles. The van der Waals surface area contributed by atoms with Crippen LogP contribution in [-0.4, -0.2) is 41.9 Å². The minimum absolute atomic E-state index is 0.982. The highest BCUT2D eigenvalue weighted by Gasteiger charge is 2.27. The van der Waals surface area contributed by atoms with E-state index in [0.717, 1.165) is 72.3 Å². The Labute approximate surface area is 833 Å². The number of thiophene rings is 1. The quantitative estimate of drug-likeness (QED) is 0.118. The maximum Gasteiger partial charge on any atom is 0.146 e. The molecule has 33 aromatic rings. The average molecular weight is 1860 g/mol. The van der Waals surface area contributed by atoms with Gasteiger partial charge < -0.3 is 13.7 Å². The number of pyridine rings is 3. The van der Waals surface area contributed by atoms with E-state index < -0.39 is 0 Å². The van der Waals surface area contributed by atoms with Crippen molar-refractivity contribution in [2.75, 3.05) is 0 Å². The van der Waals surface area contributed by atoms with Gasteiger partial charge in [0.15, 0.2) is 0 Å². The molecule has 145 heavy (non-hydrogen) atoms. The number of hydrogen-bond donors (Lipinski definition) is 0. The lowest BCUT2D eigenvalue weighted by molar-refractivity contribution is 1.15. The normalized spacial score (nSPS) is 12.1. The molecule has 10 heterocycles. The summed E-state index contributed by atoms with van der Waals surface area (Å²) in [6.45, 7) is 0. The lowest BCUT2D eigenvalue weighted by Gasteiger charge is -2.15. The van der Waals surface area contributed by atoms with Crippen LogP contribution >= 0.6 is 11.3 Å². The largest absolute Gasteiger partial charge is 0.309 e. The second-order valence-electron chi connectivity index (χ2n) is 38.4. The van der Waals surface area contributed by atoms with Gasteiger partial charge in [-0.05, 0) is 257 Å². The third-order valence-electron chi connectivity index (χ3n) is 30.5. The van der Waals surface area contributed by atoms with Crippen molar-refractivity contribution < 1.29 is 0 Å². The lowest BCUT2D eigenvalue weighted by atomic mass is 9.96. The van der Waals surface area contributed by atoms with Gasteiger partial charge in [-0.15, -0.1) is 11.3 Å². The number of aromatic nitrogens is 9. The van der Waals surface area contributed by atoms with Crippen LogP contribution in [0.3, 0.4) is 0 Å². The molecule has 672 valence electrons. The number of rotatable bonds is 7. The number of hydrogen-bond acceptors (Lipinski definition) is 4. The van der Waals surface area contributed by atoms with Gasteiger partial charge in [0.25, 0.3) is 0 Å². The standard InChI is InChI=1S/C47H28N4.C47H29N3.C41H24N2S/c1-2-14-31(15-3-1)49-41-19-9-6-16-33(41)36-24-25-37-34-17-7-10-20-42(34)50(46(37)45(36)49)32-22-23-35-38-26-29-12-4-5-13-30(29)27-39(38)47-48-40-18-8-11-21-43(40)51(47)44(35)28-32;1-2-12-36(13-3-1)49-43-16-8-6-14-37(43)40-27-34(23-25-44(40)49)30-18-20-31(21-19-30)35-22-24-38-39-26-32-10-4-5-11-33(32)28-41(39)47-48-42-15-7-9-17-45(42)50(47)46(38)29-35;1-2-10-27-23-35-34(22-26(27)9-1)31-20-19-28(24-38(31)43-37-17-5-4-16-36(37)42-41(35)43)25-11-7-12-29(21-25)30-14-8-15-33-32-13-3-6-18-39(32)44-40(30)33/h1-28H;1-29H;1-24H. The van der Waals surface area contributed by atoms with Gasteiger partial charge in [-0.25, -0.2) is 15.0 Å². The fourth-order valence-corrected chi connectivity index (χ4v) is 25.2. The summed E-state index contributed by atoms with van der Waals surface area (Å²) in [5.74, 6) is 0. The first-order valence-electron chi connectivity index (χ1n) is 49.6. The second-order valence-corrected chi connectivity index (χ2v) is 39.5. The molecule has 0 radical (unpaired) electrons. The molecule has 0 aliphatic carbocycles. The number of para-hydroxylation sites is 11. The molecule has 0 atom stereocenters. The number of nitrogens with zero attached hydrogens (tertiary/aromatic N) is 9.